The third kappa shape index (κ3) is 1.95. The molecule has 1 fully saturated rings. The van der Waals surface area contributed by atoms with Crippen LogP contribution >= 0.6 is 23.2 Å². The highest BCUT2D eigenvalue weighted by molar-refractivity contribution is 6.72. The van der Waals surface area contributed by atoms with Gasteiger partial charge in [-0.05, 0) is 41.5 Å². The summed E-state index contributed by atoms with van der Waals surface area (Å²) in [6.07, 6.45) is 0.828. The standard InChI is InChI=1S/C21H16Cl2O4/c1-26-18-8-5-3-4-6-9(8)19(27-2)15-11-7-10(14(15)18)12-13(11)17(21(23)25)16(12)20(22)24/h3-6,10-13H,7H2,1-2H3/t10-,11+,12+,13-. The van der Waals surface area contributed by atoms with Crippen LogP contribution in [0.3, 0.4) is 0 Å². The molecule has 1 saturated carbocycles. The van der Waals surface area contributed by atoms with Gasteiger partial charge in [-0.25, -0.2) is 0 Å². The largest absolute Gasteiger partial charge is 0.496 e. The molecule has 0 unspecified atom stereocenters. The first-order valence-electron chi connectivity index (χ1n) is 8.81. The Hall–Kier alpha value is -2.04. The number of allylic oxidation sites excluding steroid dienone is 2. The van der Waals surface area contributed by atoms with E-state index in [1.165, 1.54) is 0 Å². The second-order valence-electron chi connectivity index (χ2n) is 7.31. The summed E-state index contributed by atoms with van der Waals surface area (Å²) in [5.74, 6) is 1.62. The number of fused-ring (bicyclic) bond motifs is 9. The molecule has 2 aromatic rings. The van der Waals surface area contributed by atoms with E-state index in [9.17, 15) is 9.59 Å². The van der Waals surface area contributed by atoms with Crippen LogP contribution in [0.4, 0.5) is 0 Å². The molecule has 0 amide bonds. The number of benzene rings is 2. The van der Waals surface area contributed by atoms with E-state index >= 15 is 0 Å². The Balaban J connectivity index is 1.81. The van der Waals surface area contributed by atoms with Gasteiger partial charge in [-0.15, -0.1) is 0 Å². The normalized spacial score (nSPS) is 27.3. The molecule has 138 valence electrons. The van der Waals surface area contributed by atoms with Gasteiger partial charge in [-0.2, -0.15) is 0 Å². The fourth-order valence-corrected chi connectivity index (χ4v) is 6.21. The Morgan fingerprint density at radius 2 is 1.26 bits per heavy atom. The Bertz CT molecular complexity index is 989. The van der Waals surface area contributed by atoms with Crippen LogP contribution in [0, 0.1) is 11.8 Å². The topological polar surface area (TPSA) is 52.6 Å². The quantitative estimate of drug-likeness (QED) is 0.705. The van der Waals surface area contributed by atoms with Crippen LogP contribution in [0.2, 0.25) is 0 Å². The number of carbonyl (C=O) groups is 2. The summed E-state index contributed by atoms with van der Waals surface area (Å²) in [4.78, 5) is 24.0. The van der Waals surface area contributed by atoms with Gasteiger partial charge in [0.05, 0.1) is 14.2 Å². The van der Waals surface area contributed by atoms with Crippen molar-refractivity contribution in [3.8, 4) is 11.5 Å². The van der Waals surface area contributed by atoms with E-state index in [0.717, 1.165) is 39.8 Å². The summed E-state index contributed by atoms with van der Waals surface area (Å²) in [6, 6.07) is 7.96. The van der Waals surface area contributed by atoms with Crippen molar-refractivity contribution >= 4 is 44.5 Å². The monoisotopic (exact) mass is 402 g/mol. The molecule has 0 heterocycles. The van der Waals surface area contributed by atoms with Crippen molar-refractivity contribution in [1.29, 1.82) is 0 Å². The molecule has 0 aromatic heterocycles. The molecule has 0 saturated heterocycles. The van der Waals surface area contributed by atoms with Gasteiger partial charge in [0, 0.05) is 44.9 Å². The van der Waals surface area contributed by atoms with Crippen molar-refractivity contribution in [2.24, 2.45) is 11.8 Å². The molecule has 27 heavy (non-hydrogen) atoms. The second kappa shape index (κ2) is 5.73. The molecule has 0 spiro atoms. The highest BCUT2D eigenvalue weighted by Gasteiger charge is 2.63. The van der Waals surface area contributed by atoms with Crippen LogP contribution in [0.25, 0.3) is 10.8 Å². The molecule has 6 heteroatoms. The van der Waals surface area contributed by atoms with Gasteiger partial charge in [-0.3, -0.25) is 9.59 Å². The lowest BCUT2D eigenvalue weighted by Gasteiger charge is -2.43. The van der Waals surface area contributed by atoms with Gasteiger partial charge in [0.25, 0.3) is 0 Å². The lowest BCUT2D eigenvalue weighted by Crippen LogP contribution is -2.39. The van der Waals surface area contributed by atoms with Gasteiger partial charge >= 0.3 is 0 Å². The van der Waals surface area contributed by atoms with Gasteiger partial charge in [-0.1, -0.05) is 24.3 Å². The minimum atomic E-state index is -0.582. The van der Waals surface area contributed by atoms with E-state index in [0.29, 0.717) is 11.1 Å². The number of hydrogen-bond acceptors (Lipinski definition) is 4. The zero-order valence-corrected chi connectivity index (χ0v) is 16.2. The van der Waals surface area contributed by atoms with Crippen LogP contribution < -0.4 is 9.47 Å². The summed E-state index contributed by atoms with van der Waals surface area (Å²) >= 11 is 11.6. The fraction of sp³-hybridized carbons (Fsp3) is 0.333. The second-order valence-corrected chi connectivity index (χ2v) is 8.00. The van der Waals surface area contributed by atoms with Crippen molar-refractivity contribution in [1.82, 2.24) is 0 Å². The molecule has 4 nitrogen and oxygen atoms in total. The SMILES string of the molecule is COc1c2c(c(OC)c3ccccc13)[C@@H]1C[C@H]2[C@H]2C(C(=O)Cl)=C(C(=O)Cl)[C@H]21. The molecule has 3 aliphatic rings. The molecule has 0 N–H and O–H groups in total. The zero-order chi connectivity index (χ0) is 19.0. The van der Waals surface area contributed by atoms with Crippen molar-refractivity contribution in [2.75, 3.05) is 14.2 Å². The van der Waals surface area contributed by atoms with Crippen molar-refractivity contribution < 1.29 is 19.1 Å². The van der Waals surface area contributed by atoms with E-state index in [4.69, 9.17) is 32.7 Å². The lowest BCUT2D eigenvalue weighted by atomic mass is 9.60. The Morgan fingerprint density at radius 3 is 1.59 bits per heavy atom. The first-order valence-corrected chi connectivity index (χ1v) is 9.57. The summed E-state index contributed by atoms with van der Waals surface area (Å²) in [7, 11) is 3.33. The molecule has 0 radical (unpaired) electrons. The number of hydrogen-bond donors (Lipinski definition) is 0. The molecule has 4 atom stereocenters. The van der Waals surface area contributed by atoms with E-state index in [1.807, 2.05) is 24.3 Å². The maximum atomic E-state index is 12.0. The summed E-state index contributed by atoms with van der Waals surface area (Å²) in [5.41, 5.74) is 2.93. The number of carbonyl (C=O) groups excluding carboxylic acids is 2. The highest BCUT2D eigenvalue weighted by atomic mass is 35.5. The average Bonchev–Trinajstić information content (AvgIpc) is 3.11. The fourth-order valence-electron chi connectivity index (χ4n) is 5.75. The number of halogens is 2. The molecular weight excluding hydrogens is 387 g/mol. The van der Waals surface area contributed by atoms with Crippen molar-refractivity contribution in [3.63, 3.8) is 0 Å². The average molecular weight is 403 g/mol. The van der Waals surface area contributed by atoms with Crippen LogP contribution in [0.5, 0.6) is 11.5 Å². The predicted octanol–water partition coefficient (Wildman–Crippen LogP) is 4.51. The Morgan fingerprint density at radius 1 is 0.852 bits per heavy atom. The third-order valence-corrected chi connectivity index (χ3v) is 6.89. The third-order valence-electron chi connectivity index (χ3n) is 6.49. The zero-order valence-electron chi connectivity index (χ0n) is 14.7. The number of ether oxygens (including phenoxy) is 2. The molecular formula is C21H16Cl2O4. The van der Waals surface area contributed by atoms with Gasteiger partial charge in [0.15, 0.2) is 0 Å². The summed E-state index contributed by atoms with van der Waals surface area (Å²) in [5, 5.41) is 0.799. The number of methoxy groups -OCH3 is 2. The van der Waals surface area contributed by atoms with E-state index < -0.39 is 10.5 Å². The van der Waals surface area contributed by atoms with Gasteiger partial charge < -0.3 is 9.47 Å². The Kier molecular flexibility index (Phi) is 3.62. The van der Waals surface area contributed by atoms with E-state index in [1.54, 1.807) is 14.2 Å². The first kappa shape index (κ1) is 17.1. The van der Waals surface area contributed by atoms with Gasteiger partial charge in [0.1, 0.15) is 11.5 Å². The van der Waals surface area contributed by atoms with Crippen LogP contribution in [0.15, 0.2) is 35.4 Å². The summed E-state index contributed by atoms with van der Waals surface area (Å²) < 4.78 is 11.6. The smallest absolute Gasteiger partial charge is 0.249 e. The molecule has 2 bridgehead atoms. The van der Waals surface area contributed by atoms with E-state index in [-0.39, 0.29) is 23.7 Å². The maximum absolute atomic E-state index is 12.0. The van der Waals surface area contributed by atoms with Crippen molar-refractivity contribution in [3.05, 3.63) is 46.5 Å². The van der Waals surface area contributed by atoms with Gasteiger partial charge in [0.2, 0.25) is 10.5 Å². The number of rotatable bonds is 4. The highest BCUT2D eigenvalue weighted by Crippen LogP contribution is 2.72. The Labute approximate surface area is 166 Å². The molecule has 5 rings (SSSR count). The lowest BCUT2D eigenvalue weighted by molar-refractivity contribution is -0.113. The van der Waals surface area contributed by atoms with Crippen LogP contribution in [-0.4, -0.2) is 24.7 Å². The molecule has 3 aliphatic carbocycles. The molecule has 2 aromatic carbocycles. The van der Waals surface area contributed by atoms with Crippen molar-refractivity contribution in [2.45, 2.75) is 18.3 Å². The minimum absolute atomic E-state index is 0.0703. The first-order chi connectivity index (χ1) is 13.0. The molecule has 0 aliphatic heterocycles. The predicted molar refractivity (Wildman–Crippen MR) is 103 cm³/mol. The maximum Gasteiger partial charge on any atom is 0.249 e. The van der Waals surface area contributed by atoms with E-state index in [2.05, 4.69) is 0 Å². The summed E-state index contributed by atoms with van der Waals surface area (Å²) in [6.45, 7) is 0. The van der Waals surface area contributed by atoms with Crippen LogP contribution in [0.1, 0.15) is 29.4 Å². The minimum Gasteiger partial charge on any atom is -0.496 e. The van der Waals surface area contributed by atoms with Crippen LogP contribution in [-0.2, 0) is 9.59 Å².